The zero-order valence-electron chi connectivity index (χ0n) is 16.9. The van der Waals surface area contributed by atoms with Gasteiger partial charge in [-0.15, -0.1) is 0 Å². The topological polar surface area (TPSA) is 42.3 Å². The van der Waals surface area contributed by atoms with Gasteiger partial charge in [-0.2, -0.15) is 0 Å². The molecule has 4 heteroatoms. The molecule has 0 saturated carbocycles. The minimum atomic E-state index is -0.267. The van der Waals surface area contributed by atoms with Gasteiger partial charge in [0.2, 0.25) is 0 Å². The van der Waals surface area contributed by atoms with Crippen LogP contribution in [0.1, 0.15) is 39.5 Å². The first-order valence-corrected chi connectivity index (χ1v) is 9.55. The van der Waals surface area contributed by atoms with Crippen molar-refractivity contribution in [3.05, 3.63) is 99.0 Å². The third-order valence-corrected chi connectivity index (χ3v) is 5.06. The highest BCUT2D eigenvalue weighted by atomic mass is 16.2. The minimum absolute atomic E-state index is 0.193. The average molecular weight is 374 g/mol. The van der Waals surface area contributed by atoms with Crippen LogP contribution in [0.4, 0.5) is 5.69 Å². The van der Waals surface area contributed by atoms with E-state index in [9.17, 15) is 9.59 Å². The highest BCUT2D eigenvalue weighted by molar-refractivity contribution is 6.06. The third kappa shape index (κ3) is 3.91. The van der Waals surface area contributed by atoms with Gasteiger partial charge in [0.1, 0.15) is 5.56 Å². The highest BCUT2D eigenvalue weighted by Gasteiger charge is 2.21. The third-order valence-electron chi connectivity index (χ3n) is 5.06. The molecule has 0 N–H and O–H groups in total. The summed E-state index contributed by atoms with van der Waals surface area (Å²) in [6.45, 7) is 8.90. The number of rotatable bonds is 5. The van der Waals surface area contributed by atoms with E-state index in [4.69, 9.17) is 0 Å². The van der Waals surface area contributed by atoms with Crippen LogP contribution in [0.25, 0.3) is 0 Å². The molecule has 4 nitrogen and oxygen atoms in total. The minimum Gasteiger partial charge on any atom is -0.310 e. The van der Waals surface area contributed by atoms with Gasteiger partial charge in [0.25, 0.3) is 11.5 Å². The number of para-hydroxylation sites is 1. The Balaban J connectivity index is 1.98. The van der Waals surface area contributed by atoms with E-state index < -0.39 is 0 Å². The fourth-order valence-corrected chi connectivity index (χ4v) is 3.41. The number of amides is 1. The summed E-state index contributed by atoms with van der Waals surface area (Å²) in [7, 11) is 0. The van der Waals surface area contributed by atoms with E-state index in [1.165, 1.54) is 0 Å². The molecule has 3 aromatic rings. The number of hydrogen-bond acceptors (Lipinski definition) is 2. The molecule has 0 fully saturated rings. The second-order valence-electron chi connectivity index (χ2n) is 7.12. The van der Waals surface area contributed by atoms with E-state index in [0.717, 1.165) is 27.9 Å². The number of hydrogen-bond donors (Lipinski definition) is 0. The van der Waals surface area contributed by atoms with Crippen molar-refractivity contribution in [2.75, 3.05) is 11.4 Å². The van der Waals surface area contributed by atoms with Crippen LogP contribution in [-0.2, 0) is 6.54 Å². The first-order chi connectivity index (χ1) is 13.4. The summed E-state index contributed by atoms with van der Waals surface area (Å²) in [5, 5.41) is 0. The van der Waals surface area contributed by atoms with Crippen molar-refractivity contribution in [1.29, 1.82) is 0 Å². The summed E-state index contributed by atoms with van der Waals surface area (Å²) in [5.74, 6) is -0.267. The Labute approximate surface area is 166 Å². The molecule has 0 saturated heterocycles. The van der Waals surface area contributed by atoms with Crippen molar-refractivity contribution in [1.82, 2.24) is 4.57 Å². The molecule has 1 heterocycles. The number of benzene rings is 2. The number of pyridine rings is 1. The van der Waals surface area contributed by atoms with Crippen LogP contribution in [0.2, 0.25) is 0 Å². The summed E-state index contributed by atoms with van der Waals surface area (Å²) >= 11 is 0. The van der Waals surface area contributed by atoms with Crippen molar-refractivity contribution in [3.8, 4) is 0 Å². The van der Waals surface area contributed by atoms with Crippen LogP contribution in [0.3, 0.4) is 0 Å². The van der Waals surface area contributed by atoms with Crippen LogP contribution in [0, 0.1) is 20.8 Å². The Morgan fingerprint density at radius 1 is 0.964 bits per heavy atom. The van der Waals surface area contributed by atoms with Gasteiger partial charge in [-0.1, -0.05) is 42.0 Å². The van der Waals surface area contributed by atoms with Crippen molar-refractivity contribution in [2.45, 2.75) is 34.2 Å². The highest BCUT2D eigenvalue weighted by Crippen LogP contribution is 2.21. The number of aromatic nitrogens is 1. The summed E-state index contributed by atoms with van der Waals surface area (Å²) < 4.78 is 1.61. The van der Waals surface area contributed by atoms with Crippen LogP contribution in [0.5, 0.6) is 0 Å². The number of anilines is 1. The fraction of sp³-hybridized carbons (Fsp3) is 0.250. The summed E-state index contributed by atoms with van der Waals surface area (Å²) in [4.78, 5) is 27.9. The van der Waals surface area contributed by atoms with Crippen LogP contribution in [0.15, 0.2) is 65.6 Å². The standard InChI is InChI=1S/C24H26N2O2/c1-5-26(22-11-7-6-9-19(22)4)24(28)21-10-8-14-25(23(21)27)16-20-15-17(2)12-13-18(20)3/h6-15H,5,16H2,1-4H3. The van der Waals surface area contributed by atoms with E-state index >= 15 is 0 Å². The molecule has 1 aromatic heterocycles. The molecule has 144 valence electrons. The second kappa shape index (κ2) is 8.26. The lowest BCUT2D eigenvalue weighted by Gasteiger charge is -2.23. The molecular formula is C24H26N2O2. The van der Waals surface area contributed by atoms with Gasteiger partial charge in [0.05, 0.1) is 6.54 Å². The van der Waals surface area contributed by atoms with Gasteiger partial charge < -0.3 is 9.47 Å². The van der Waals surface area contributed by atoms with Crippen LogP contribution < -0.4 is 10.5 Å². The molecule has 2 aromatic carbocycles. The molecule has 0 aliphatic carbocycles. The molecule has 0 atom stereocenters. The zero-order valence-corrected chi connectivity index (χ0v) is 16.9. The SMILES string of the molecule is CCN(C(=O)c1cccn(Cc2cc(C)ccc2C)c1=O)c1ccccc1C. The van der Waals surface area contributed by atoms with Gasteiger partial charge in [-0.3, -0.25) is 9.59 Å². The molecule has 1 amide bonds. The van der Waals surface area contributed by atoms with Crippen LogP contribution in [-0.4, -0.2) is 17.0 Å². The Morgan fingerprint density at radius 2 is 1.71 bits per heavy atom. The maximum absolute atomic E-state index is 13.2. The second-order valence-corrected chi connectivity index (χ2v) is 7.12. The molecule has 0 aliphatic heterocycles. The van der Waals surface area contributed by atoms with E-state index in [1.807, 2.05) is 52.0 Å². The zero-order chi connectivity index (χ0) is 20.3. The predicted molar refractivity (Wildman–Crippen MR) is 114 cm³/mol. The van der Waals surface area contributed by atoms with Gasteiger partial charge in [-0.25, -0.2) is 0 Å². The molecule has 0 unspecified atom stereocenters. The Kier molecular flexibility index (Phi) is 5.78. The van der Waals surface area contributed by atoms with Gasteiger partial charge in [0.15, 0.2) is 0 Å². The molecule has 28 heavy (non-hydrogen) atoms. The maximum Gasteiger partial charge on any atom is 0.263 e. The smallest absolute Gasteiger partial charge is 0.263 e. The van der Waals surface area contributed by atoms with E-state index in [-0.39, 0.29) is 17.0 Å². The number of aryl methyl sites for hydroxylation is 3. The summed E-state index contributed by atoms with van der Waals surface area (Å²) in [6.07, 6.45) is 1.74. The Hall–Kier alpha value is -3.14. The van der Waals surface area contributed by atoms with Crippen molar-refractivity contribution in [3.63, 3.8) is 0 Å². The van der Waals surface area contributed by atoms with Crippen LogP contribution >= 0.6 is 0 Å². The number of nitrogens with zero attached hydrogens (tertiary/aromatic N) is 2. The molecule has 0 bridgehead atoms. The maximum atomic E-state index is 13.2. The fourth-order valence-electron chi connectivity index (χ4n) is 3.41. The number of carbonyl (C=O) groups is 1. The first kappa shape index (κ1) is 19.6. The number of carbonyl (C=O) groups excluding carboxylic acids is 1. The first-order valence-electron chi connectivity index (χ1n) is 9.55. The van der Waals surface area contributed by atoms with E-state index in [1.54, 1.807) is 27.8 Å². The summed E-state index contributed by atoms with van der Waals surface area (Å²) in [5.41, 5.74) is 5.13. The lowest BCUT2D eigenvalue weighted by atomic mass is 10.1. The van der Waals surface area contributed by atoms with E-state index in [2.05, 4.69) is 18.2 Å². The predicted octanol–water partition coefficient (Wildman–Crippen LogP) is 4.49. The Morgan fingerprint density at radius 3 is 2.43 bits per heavy atom. The molecule has 0 spiro atoms. The average Bonchev–Trinajstić information content (AvgIpc) is 2.68. The monoisotopic (exact) mass is 374 g/mol. The van der Waals surface area contributed by atoms with Gasteiger partial charge in [0, 0.05) is 18.4 Å². The van der Waals surface area contributed by atoms with Crippen molar-refractivity contribution < 1.29 is 4.79 Å². The molecular weight excluding hydrogens is 348 g/mol. The quantitative estimate of drug-likeness (QED) is 0.660. The summed E-state index contributed by atoms with van der Waals surface area (Å²) in [6, 6.07) is 17.3. The van der Waals surface area contributed by atoms with Crippen molar-refractivity contribution >= 4 is 11.6 Å². The van der Waals surface area contributed by atoms with Gasteiger partial charge in [-0.05, 0) is 62.6 Å². The molecule has 0 radical (unpaired) electrons. The molecule has 0 aliphatic rings. The lowest BCUT2D eigenvalue weighted by Crippen LogP contribution is -2.37. The molecule has 3 rings (SSSR count). The Bertz CT molecular complexity index is 1070. The largest absolute Gasteiger partial charge is 0.310 e. The van der Waals surface area contributed by atoms with Crippen molar-refractivity contribution in [2.24, 2.45) is 0 Å². The van der Waals surface area contributed by atoms with Gasteiger partial charge >= 0.3 is 0 Å². The van der Waals surface area contributed by atoms with E-state index in [0.29, 0.717) is 13.1 Å². The normalized spacial score (nSPS) is 10.7. The lowest BCUT2D eigenvalue weighted by molar-refractivity contribution is 0.0986.